The molecule has 0 saturated heterocycles. The predicted octanol–water partition coefficient (Wildman–Crippen LogP) is 1.82. The van der Waals surface area contributed by atoms with Crippen LogP contribution in [0.2, 0.25) is 0 Å². The van der Waals surface area contributed by atoms with Crippen molar-refractivity contribution in [3.8, 4) is 6.07 Å². The van der Waals surface area contributed by atoms with E-state index in [2.05, 4.69) is 16.6 Å². The van der Waals surface area contributed by atoms with Gasteiger partial charge in [0.1, 0.15) is 6.07 Å². The average Bonchev–Trinajstić information content (AvgIpc) is 2.05. The smallest absolute Gasteiger partial charge is 0.227 e. The minimum atomic E-state index is 0.178. The molecule has 0 bridgehead atoms. The van der Waals surface area contributed by atoms with E-state index in [1.807, 2.05) is 19.9 Å². The topological polar surface area (TPSA) is 48.5 Å². The van der Waals surface area contributed by atoms with Crippen LogP contribution in [0.1, 0.15) is 13.8 Å². The van der Waals surface area contributed by atoms with Gasteiger partial charge in [0, 0.05) is 13.3 Å². The van der Waals surface area contributed by atoms with E-state index in [9.17, 15) is 0 Å². The van der Waals surface area contributed by atoms with Gasteiger partial charge in [0.2, 0.25) is 5.84 Å². The number of nitrogens with zero attached hydrogens (tertiary/aromatic N) is 3. The van der Waals surface area contributed by atoms with Crippen molar-refractivity contribution in [2.45, 2.75) is 13.8 Å². The lowest BCUT2D eigenvalue weighted by atomic mass is 10.1. The highest BCUT2D eigenvalue weighted by molar-refractivity contribution is 6.03. The van der Waals surface area contributed by atoms with Gasteiger partial charge in [-0.3, -0.25) is 4.99 Å². The van der Waals surface area contributed by atoms with Crippen molar-refractivity contribution in [3.05, 3.63) is 12.2 Å². The first-order valence-corrected chi connectivity index (χ1v) is 3.71. The Morgan fingerprint density at radius 3 is 2.50 bits per heavy atom. The standard InChI is InChI=1S/C9H13N3/c1-7(2)8(3)6-12-9(5-10)11-4/h6-7H,3H2,1-2,4H3. The molecule has 3 nitrogen and oxygen atoms in total. The van der Waals surface area contributed by atoms with Crippen molar-refractivity contribution >= 4 is 12.1 Å². The van der Waals surface area contributed by atoms with Crippen LogP contribution in [0.4, 0.5) is 0 Å². The second-order valence-electron chi connectivity index (χ2n) is 2.65. The summed E-state index contributed by atoms with van der Waals surface area (Å²) < 4.78 is 0. The summed E-state index contributed by atoms with van der Waals surface area (Å²) in [5.74, 6) is 0.530. The lowest BCUT2D eigenvalue weighted by molar-refractivity contribution is 0.810. The molecule has 0 N–H and O–H groups in total. The normalized spacial score (nSPS) is 12.1. The molecule has 0 fully saturated rings. The molecular weight excluding hydrogens is 150 g/mol. The number of allylic oxidation sites excluding steroid dienone is 1. The Morgan fingerprint density at radius 1 is 1.58 bits per heavy atom. The first-order chi connectivity index (χ1) is 5.61. The Morgan fingerprint density at radius 2 is 2.17 bits per heavy atom. The van der Waals surface area contributed by atoms with Crippen LogP contribution in [-0.2, 0) is 0 Å². The lowest BCUT2D eigenvalue weighted by Crippen LogP contribution is -1.96. The van der Waals surface area contributed by atoms with Crippen LogP contribution in [0.15, 0.2) is 22.1 Å². The van der Waals surface area contributed by atoms with Gasteiger partial charge in [-0.1, -0.05) is 20.4 Å². The Kier molecular flexibility index (Phi) is 4.62. The van der Waals surface area contributed by atoms with Crippen molar-refractivity contribution in [3.63, 3.8) is 0 Å². The molecule has 0 heterocycles. The average molecular weight is 163 g/mol. The van der Waals surface area contributed by atoms with Crippen molar-refractivity contribution in [1.29, 1.82) is 5.26 Å². The summed E-state index contributed by atoms with van der Waals surface area (Å²) in [7, 11) is 1.54. The van der Waals surface area contributed by atoms with Crippen molar-refractivity contribution in [2.24, 2.45) is 15.9 Å². The molecule has 12 heavy (non-hydrogen) atoms. The van der Waals surface area contributed by atoms with Gasteiger partial charge < -0.3 is 0 Å². The minimum absolute atomic E-state index is 0.178. The molecule has 0 rings (SSSR count). The molecule has 0 radical (unpaired) electrons. The third-order valence-corrected chi connectivity index (χ3v) is 1.41. The fraction of sp³-hybridized carbons (Fsp3) is 0.444. The summed E-state index contributed by atoms with van der Waals surface area (Å²) in [5, 5.41) is 8.45. The largest absolute Gasteiger partial charge is 0.261 e. The zero-order valence-electron chi connectivity index (χ0n) is 7.70. The molecule has 64 valence electrons. The number of amidine groups is 1. The highest BCUT2D eigenvalue weighted by Crippen LogP contribution is 2.02. The molecule has 0 spiro atoms. The van der Waals surface area contributed by atoms with E-state index in [-0.39, 0.29) is 5.84 Å². The quantitative estimate of drug-likeness (QED) is 0.452. The second kappa shape index (κ2) is 5.25. The van der Waals surface area contributed by atoms with Gasteiger partial charge >= 0.3 is 0 Å². The predicted molar refractivity (Wildman–Crippen MR) is 51.4 cm³/mol. The Labute approximate surface area is 73.2 Å². The first kappa shape index (κ1) is 10.6. The summed E-state index contributed by atoms with van der Waals surface area (Å²) in [6.07, 6.45) is 1.58. The molecule has 3 heteroatoms. The highest BCUT2D eigenvalue weighted by atomic mass is 14.9. The Hall–Kier alpha value is -1.43. The summed E-state index contributed by atoms with van der Waals surface area (Å²) in [6.45, 7) is 7.82. The van der Waals surface area contributed by atoms with E-state index >= 15 is 0 Å². The number of aliphatic imine (C=N–C) groups is 2. The molecule has 0 aromatic carbocycles. The van der Waals surface area contributed by atoms with E-state index in [1.54, 1.807) is 6.21 Å². The Balaban J connectivity index is 4.27. The second-order valence-corrected chi connectivity index (χ2v) is 2.65. The summed E-state index contributed by atoms with van der Waals surface area (Å²) in [4.78, 5) is 7.50. The Bertz CT molecular complexity index is 253. The van der Waals surface area contributed by atoms with Crippen LogP contribution < -0.4 is 0 Å². The molecule has 0 unspecified atom stereocenters. The van der Waals surface area contributed by atoms with E-state index in [1.165, 1.54) is 7.05 Å². The van der Waals surface area contributed by atoms with Gasteiger partial charge in [0.25, 0.3) is 0 Å². The van der Waals surface area contributed by atoms with Gasteiger partial charge in [0.05, 0.1) is 0 Å². The lowest BCUT2D eigenvalue weighted by Gasteiger charge is -2.00. The SMILES string of the molecule is C=C(C=NC(C#N)=NC)C(C)C. The van der Waals surface area contributed by atoms with Gasteiger partial charge in [0.15, 0.2) is 0 Å². The molecule has 0 aromatic heterocycles. The molecule has 0 aliphatic rings. The third kappa shape index (κ3) is 3.67. The van der Waals surface area contributed by atoms with Crippen LogP contribution in [0.5, 0.6) is 0 Å². The zero-order chi connectivity index (χ0) is 9.56. The number of nitriles is 1. The summed E-state index contributed by atoms with van der Waals surface area (Å²) in [6, 6.07) is 1.86. The van der Waals surface area contributed by atoms with Crippen molar-refractivity contribution in [2.75, 3.05) is 7.05 Å². The maximum atomic E-state index is 8.45. The van der Waals surface area contributed by atoms with E-state index in [4.69, 9.17) is 5.26 Å². The van der Waals surface area contributed by atoms with Gasteiger partial charge in [-0.15, -0.1) is 0 Å². The third-order valence-electron chi connectivity index (χ3n) is 1.41. The minimum Gasteiger partial charge on any atom is -0.261 e. The van der Waals surface area contributed by atoms with Gasteiger partial charge in [-0.05, 0) is 11.5 Å². The molecule has 0 amide bonds. The molecule has 0 saturated carbocycles. The number of hydrogen-bond acceptors (Lipinski definition) is 2. The monoisotopic (exact) mass is 163 g/mol. The van der Waals surface area contributed by atoms with Crippen molar-refractivity contribution in [1.82, 2.24) is 0 Å². The van der Waals surface area contributed by atoms with Gasteiger partial charge in [-0.2, -0.15) is 5.26 Å². The van der Waals surface area contributed by atoms with Crippen LogP contribution in [-0.4, -0.2) is 19.1 Å². The maximum absolute atomic E-state index is 8.45. The van der Waals surface area contributed by atoms with Crippen LogP contribution >= 0.6 is 0 Å². The van der Waals surface area contributed by atoms with E-state index in [0.717, 1.165) is 5.57 Å². The van der Waals surface area contributed by atoms with Crippen molar-refractivity contribution < 1.29 is 0 Å². The number of hydrogen-bond donors (Lipinski definition) is 0. The van der Waals surface area contributed by atoms with Crippen LogP contribution in [0, 0.1) is 17.2 Å². The van der Waals surface area contributed by atoms with E-state index in [0.29, 0.717) is 5.92 Å². The molecule has 0 aromatic rings. The van der Waals surface area contributed by atoms with Crippen LogP contribution in [0.25, 0.3) is 0 Å². The summed E-state index contributed by atoms with van der Waals surface area (Å²) in [5.41, 5.74) is 0.895. The molecular formula is C9H13N3. The van der Waals surface area contributed by atoms with Gasteiger partial charge in [-0.25, -0.2) is 4.99 Å². The maximum Gasteiger partial charge on any atom is 0.227 e. The first-order valence-electron chi connectivity index (χ1n) is 3.71. The molecule has 0 aliphatic heterocycles. The number of rotatable bonds is 2. The van der Waals surface area contributed by atoms with Crippen LogP contribution in [0.3, 0.4) is 0 Å². The van der Waals surface area contributed by atoms with E-state index < -0.39 is 0 Å². The fourth-order valence-corrected chi connectivity index (χ4v) is 0.430. The summed E-state index contributed by atoms with van der Waals surface area (Å²) >= 11 is 0. The molecule has 0 atom stereocenters. The fourth-order valence-electron chi connectivity index (χ4n) is 0.430. The zero-order valence-corrected chi connectivity index (χ0v) is 7.70. The molecule has 0 aliphatic carbocycles. The highest BCUT2D eigenvalue weighted by Gasteiger charge is 1.96.